The van der Waals surface area contributed by atoms with Gasteiger partial charge in [0.25, 0.3) is 0 Å². The SMILES string of the molecule is C=CC(=O)Nc1ccc(CNc2cc(N(CCCCN(CC)CC)C(=O)Nc3c(Cl)c(OC)cc(OC)c3Cl)ncn2)cc1. The zero-order valence-electron chi connectivity index (χ0n) is 25.5. The fourth-order valence-electron chi connectivity index (χ4n) is 4.32. The van der Waals surface area contributed by atoms with Crippen LogP contribution in [0.5, 0.6) is 11.5 Å². The second kappa shape index (κ2) is 17.3. The maximum absolute atomic E-state index is 13.8. The highest BCUT2D eigenvalue weighted by molar-refractivity contribution is 6.41. The van der Waals surface area contributed by atoms with Gasteiger partial charge in [-0.15, -0.1) is 0 Å². The first kappa shape index (κ1) is 34.4. The molecule has 11 nitrogen and oxygen atoms in total. The number of halogens is 2. The number of anilines is 4. The second-order valence-electron chi connectivity index (χ2n) is 9.61. The third-order valence-corrected chi connectivity index (χ3v) is 7.61. The summed E-state index contributed by atoms with van der Waals surface area (Å²) in [5.41, 5.74) is 1.80. The number of nitrogens with zero attached hydrogens (tertiary/aromatic N) is 4. The summed E-state index contributed by atoms with van der Waals surface area (Å²) in [7, 11) is 2.93. The first-order chi connectivity index (χ1) is 21.2. The average molecular weight is 645 g/mol. The highest BCUT2D eigenvalue weighted by Crippen LogP contribution is 2.44. The molecule has 0 spiro atoms. The summed E-state index contributed by atoms with van der Waals surface area (Å²) in [4.78, 5) is 37.9. The molecule has 1 aromatic heterocycles. The number of methoxy groups -OCH3 is 2. The van der Waals surface area contributed by atoms with Gasteiger partial charge in [0.15, 0.2) is 0 Å². The van der Waals surface area contributed by atoms with E-state index < -0.39 is 6.03 Å². The fraction of sp³-hybridized carbons (Fsp3) is 0.355. The van der Waals surface area contributed by atoms with Crippen molar-refractivity contribution in [3.8, 4) is 11.5 Å². The molecule has 236 valence electrons. The zero-order valence-corrected chi connectivity index (χ0v) is 27.0. The Hall–Kier alpha value is -4.06. The molecule has 3 amide bonds. The van der Waals surface area contributed by atoms with Crippen LogP contribution in [0.4, 0.5) is 27.8 Å². The molecule has 0 saturated heterocycles. The van der Waals surface area contributed by atoms with Gasteiger partial charge >= 0.3 is 6.03 Å². The summed E-state index contributed by atoms with van der Waals surface area (Å²) in [5.74, 6) is 1.25. The second-order valence-corrected chi connectivity index (χ2v) is 10.4. The summed E-state index contributed by atoms with van der Waals surface area (Å²) >= 11 is 13.1. The van der Waals surface area contributed by atoms with Crippen LogP contribution in [-0.4, -0.2) is 67.2 Å². The lowest BCUT2D eigenvalue weighted by Crippen LogP contribution is -2.37. The molecule has 0 unspecified atom stereocenters. The third-order valence-electron chi connectivity index (χ3n) is 6.86. The number of benzene rings is 2. The standard InChI is InChI=1S/C31H39Cl2N7O4/c1-6-27(41)37-22-13-11-21(12-14-22)19-34-25-18-26(36-20-35-25)40(16-10-9-15-39(7-2)8-3)31(42)38-30-28(32)23(43-4)17-24(44-5)29(30)33/h6,11-14,17-18,20H,1,7-10,15-16,19H2,2-5H3,(H,37,41)(H,38,42)(H,34,35,36). The molecule has 0 aliphatic heterocycles. The minimum absolute atomic E-state index is 0.147. The molecule has 44 heavy (non-hydrogen) atoms. The molecule has 3 rings (SSSR count). The van der Waals surface area contributed by atoms with E-state index in [9.17, 15) is 9.59 Å². The highest BCUT2D eigenvalue weighted by atomic mass is 35.5. The number of carbonyl (C=O) groups excluding carboxylic acids is 2. The number of amides is 3. The maximum atomic E-state index is 13.8. The maximum Gasteiger partial charge on any atom is 0.327 e. The predicted octanol–water partition coefficient (Wildman–Crippen LogP) is 6.70. The lowest BCUT2D eigenvalue weighted by molar-refractivity contribution is -0.111. The van der Waals surface area contributed by atoms with Crippen molar-refractivity contribution >= 4 is 58.2 Å². The molecular formula is C31H39Cl2N7O4. The van der Waals surface area contributed by atoms with Gasteiger partial charge in [0.2, 0.25) is 5.91 Å². The lowest BCUT2D eigenvalue weighted by atomic mass is 10.2. The van der Waals surface area contributed by atoms with Crippen LogP contribution < -0.4 is 30.3 Å². The molecule has 3 N–H and O–H groups in total. The smallest absolute Gasteiger partial charge is 0.327 e. The van der Waals surface area contributed by atoms with Crippen molar-refractivity contribution in [3.63, 3.8) is 0 Å². The van der Waals surface area contributed by atoms with E-state index in [1.54, 1.807) is 24.3 Å². The van der Waals surface area contributed by atoms with Crippen LogP contribution in [0.1, 0.15) is 32.3 Å². The van der Waals surface area contributed by atoms with Gasteiger partial charge in [-0.2, -0.15) is 0 Å². The van der Waals surface area contributed by atoms with Crippen LogP contribution in [0.3, 0.4) is 0 Å². The van der Waals surface area contributed by atoms with Crippen LogP contribution in [0.25, 0.3) is 0 Å². The van der Waals surface area contributed by atoms with Gasteiger partial charge in [-0.1, -0.05) is 55.8 Å². The normalized spacial score (nSPS) is 10.7. The molecule has 0 aliphatic carbocycles. The van der Waals surface area contributed by atoms with Crippen molar-refractivity contribution in [1.82, 2.24) is 14.9 Å². The summed E-state index contributed by atoms with van der Waals surface area (Å²) in [5, 5.41) is 9.11. The number of unbranched alkanes of at least 4 members (excludes halogenated alkanes) is 1. The van der Waals surface area contributed by atoms with Crippen LogP contribution in [0, 0.1) is 0 Å². The van der Waals surface area contributed by atoms with E-state index in [2.05, 4.69) is 51.2 Å². The Kier molecular flexibility index (Phi) is 13.5. The number of rotatable bonds is 16. The van der Waals surface area contributed by atoms with E-state index in [4.69, 9.17) is 32.7 Å². The van der Waals surface area contributed by atoms with Crippen molar-refractivity contribution in [3.05, 3.63) is 71.0 Å². The Labute approximate surface area is 268 Å². The van der Waals surface area contributed by atoms with E-state index in [0.29, 0.717) is 41.9 Å². The molecule has 13 heteroatoms. The summed E-state index contributed by atoms with van der Waals surface area (Å²) < 4.78 is 10.7. The molecular weight excluding hydrogens is 605 g/mol. The van der Waals surface area contributed by atoms with Crippen molar-refractivity contribution < 1.29 is 19.1 Å². The van der Waals surface area contributed by atoms with E-state index in [0.717, 1.165) is 38.0 Å². The van der Waals surface area contributed by atoms with Crippen LogP contribution >= 0.6 is 23.2 Å². The Morgan fingerprint density at radius 1 is 0.932 bits per heavy atom. The summed E-state index contributed by atoms with van der Waals surface area (Å²) in [6.07, 6.45) is 4.23. The Bertz CT molecular complexity index is 1390. The van der Waals surface area contributed by atoms with E-state index >= 15 is 0 Å². The largest absolute Gasteiger partial charge is 0.495 e. The topological polar surface area (TPSA) is 121 Å². The average Bonchev–Trinajstić information content (AvgIpc) is 3.04. The fourth-order valence-corrected chi connectivity index (χ4v) is 4.91. The number of urea groups is 1. The van der Waals surface area contributed by atoms with Crippen molar-refractivity contribution in [2.75, 3.05) is 61.2 Å². The monoisotopic (exact) mass is 643 g/mol. The first-order valence-corrected chi connectivity index (χ1v) is 15.0. The molecule has 0 aliphatic rings. The summed E-state index contributed by atoms with van der Waals surface area (Å²) in [6, 6.07) is 10.2. The van der Waals surface area contributed by atoms with Crippen molar-refractivity contribution in [1.29, 1.82) is 0 Å². The number of hydrogen-bond donors (Lipinski definition) is 3. The predicted molar refractivity (Wildman–Crippen MR) is 178 cm³/mol. The minimum atomic E-state index is -0.478. The molecule has 0 fully saturated rings. The van der Waals surface area contributed by atoms with E-state index in [1.165, 1.54) is 31.5 Å². The van der Waals surface area contributed by atoms with Gasteiger partial charge in [-0.05, 0) is 56.2 Å². The minimum Gasteiger partial charge on any atom is -0.495 e. The highest BCUT2D eigenvalue weighted by Gasteiger charge is 2.23. The zero-order chi connectivity index (χ0) is 32.1. The molecule has 0 saturated carbocycles. The van der Waals surface area contributed by atoms with Crippen LogP contribution in [0.15, 0.2) is 55.4 Å². The molecule has 0 atom stereocenters. The number of ether oxygens (including phenoxy) is 2. The van der Waals surface area contributed by atoms with Crippen molar-refractivity contribution in [2.24, 2.45) is 0 Å². The molecule has 2 aromatic carbocycles. The van der Waals surface area contributed by atoms with E-state index in [1.807, 2.05) is 12.1 Å². The van der Waals surface area contributed by atoms with Gasteiger partial charge in [-0.25, -0.2) is 14.8 Å². The molecule has 0 bridgehead atoms. The number of aromatic nitrogens is 2. The number of carbonyl (C=O) groups is 2. The van der Waals surface area contributed by atoms with E-state index in [-0.39, 0.29) is 21.6 Å². The Morgan fingerprint density at radius 3 is 2.16 bits per heavy atom. The quantitative estimate of drug-likeness (QED) is 0.116. The third kappa shape index (κ3) is 9.47. The lowest BCUT2D eigenvalue weighted by Gasteiger charge is -2.24. The van der Waals surface area contributed by atoms with Crippen molar-refractivity contribution in [2.45, 2.75) is 33.2 Å². The van der Waals surface area contributed by atoms with Crippen LogP contribution in [0.2, 0.25) is 10.0 Å². The number of nitrogens with one attached hydrogen (secondary N) is 3. The van der Waals surface area contributed by atoms with Gasteiger partial charge < -0.3 is 30.3 Å². The van der Waals surface area contributed by atoms with Gasteiger partial charge in [0.05, 0.1) is 19.9 Å². The number of hydrogen-bond acceptors (Lipinski definition) is 8. The molecule has 1 heterocycles. The Morgan fingerprint density at radius 2 is 1.57 bits per heavy atom. The van der Waals surface area contributed by atoms with Crippen LogP contribution in [-0.2, 0) is 11.3 Å². The van der Waals surface area contributed by atoms with Gasteiger partial charge in [0.1, 0.15) is 39.5 Å². The summed E-state index contributed by atoms with van der Waals surface area (Å²) in [6.45, 7) is 11.4. The van der Waals surface area contributed by atoms with Gasteiger partial charge in [-0.3, -0.25) is 9.69 Å². The molecule has 0 radical (unpaired) electrons. The van der Waals surface area contributed by atoms with Gasteiger partial charge in [0, 0.05) is 30.9 Å². The Balaban J connectivity index is 1.81. The molecule has 3 aromatic rings. The first-order valence-electron chi connectivity index (χ1n) is 14.2.